The number of hydrogen-bond donors (Lipinski definition) is 0. The Bertz CT molecular complexity index is 2180. The van der Waals surface area contributed by atoms with E-state index in [4.69, 9.17) is 37.6 Å². The van der Waals surface area contributed by atoms with Gasteiger partial charge in [-0.3, -0.25) is 4.79 Å². The number of ether oxygens (including phenoxy) is 7. The molecule has 0 N–H and O–H groups in total. The van der Waals surface area contributed by atoms with E-state index in [2.05, 4.69) is 0 Å². The summed E-state index contributed by atoms with van der Waals surface area (Å²) in [4.78, 5) is 25.6. The topological polar surface area (TPSA) is 116 Å². The summed E-state index contributed by atoms with van der Waals surface area (Å²) < 4.78 is 46.9. The van der Waals surface area contributed by atoms with Gasteiger partial charge in [-0.25, -0.2) is 4.79 Å². The van der Waals surface area contributed by atoms with Crippen LogP contribution in [0.5, 0.6) is 40.2 Å². The van der Waals surface area contributed by atoms with Crippen LogP contribution in [-0.4, -0.2) is 53.0 Å². The molecule has 0 saturated heterocycles. The lowest BCUT2D eigenvalue weighted by molar-refractivity contribution is -0.132. The molecule has 3 heterocycles. The minimum Gasteiger partial charge on any atom is -0.493 e. The summed E-state index contributed by atoms with van der Waals surface area (Å²) in [7, 11) is 9.23. The Hall–Kier alpha value is -5.58. The number of hydrogen-bond acceptors (Lipinski definition) is 10. The molecular weight excluding hydrogens is 570 g/mol. The molecule has 0 bridgehead atoms. The molecule has 0 aliphatic rings. The van der Waals surface area contributed by atoms with Gasteiger partial charge < -0.3 is 42.0 Å². The fourth-order valence-electron chi connectivity index (χ4n) is 5.79. The second-order valence-electron chi connectivity index (χ2n) is 9.79. The van der Waals surface area contributed by atoms with Gasteiger partial charge in [0.25, 0.3) is 0 Å². The van der Waals surface area contributed by atoms with E-state index in [-0.39, 0.29) is 22.6 Å². The quantitative estimate of drug-likeness (QED) is 0.117. The highest BCUT2D eigenvalue weighted by Gasteiger charge is 2.27. The molecule has 6 aromatic rings. The molecule has 0 aliphatic carbocycles. The van der Waals surface area contributed by atoms with Crippen LogP contribution in [0.3, 0.4) is 0 Å². The number of nitrogens with zero attached hydrogens (tertiary/aromatic N) is 1. The standard InChI is InChI=1S/C33H29NO10/c1-16(35)43-25-15-22-20(14-24(25)39-4)28-27(17-8-9-21(37-2)23(12-17)38-3)29-19-13-26(40-5)32(42-7)31(41-6)18(19)10-11-34(29)30(28)33(36)44-22/h8-15H,1-7H3. The first-order valence-corrected chi connectivity index (χ1v) is 13.4. The third-order valence-corrected chi connectivity index (χ3v) is 7.58. The first-order valence-electron chi connectivity index (χ1n) is 13.4. The van der Waals surface area contributed by atoms with E-state index in [1.165, 1.54) is 20.1 Å². The highest BCUT2D eigenvalue weighted by Crippen LogP contribution is 2.49. The summed E-state index contributed by atoms with van der Waals surface area (Å²) in [5.74, 6) is 2.25. The van der Waals surface area contributed by atoms with Crippen molar-refractivity contribution in [1.82, 2.24) is 4.40 Å². The van der Waals surface area contributed by atoms with Crippen molar-refractivity contribution in [1.29, 1.82) is 0 Å². The lowest BCUT2D eigenvalue weighted by Crippen LogP contribution is -2.05. The Morgan fingerprint density at radius 1 is 0.659 bits per heavy atom. The maximum absolute atomic E-state index is 13.8. The molecule has 11 heteroatoms. The molecule has 3 aromatic heterocycles. The second kappa shape index (κ2) is 10.9. The number of rotatable bonds is 8. The molecule has 0 aliphatic heterocycles. The number of methoxy groups -OCH3 is 6. The molecule has 11 nitrogen and oxygen atoms in total. The van der Waals surface area contributed by atoms with Gasteiger partial charge in [0.15, 0.2) is 34.5 Å². The number of carbonyl (C=O) groups is 1. The van der Waals surface area contributed by atoms with E-state index in [0.29, 0.717) is 50.6 Å². The number of carbonyl (C=O) groups excluding carboxylic acids is 1. The van der Waals surface area contributed by atoms with Crippen LogP contribution in [0.15, 0.2) is 57.9 Å². The second-order valence-corrected chi connectivity index (χ2v) is 9.79. The molecule has 0 fully saturated rings. The molecule has 0 unspecified atom stereocenters. The van der Waals surface area contributed by atoms with Gasteiger partial charge in [0.1, 0.15) is 11.1 Å². The Morgan fingerprint density at radius 3 is 1.95 bits per heavy atom. The molecule has 0 radical (unpaired) electrons. The van der Waals surface area contributed by atoms with E-state index in [9.17, 15) is 9.59 Å². The van der Waals surface area contributed by atoms with E-state index in [1.54, 1.807) is 58.3 Å². The van der Waals surface area contributed by atoms with Crippen LogP contribution in [-0.2, 0) is 4.79 Å². The summed E-state index contributed by atoms with van der Waals surface area (Å²) in [5.41, 5.74) is 1.99. The van der Waals surface area contributed by atoms with Gasteiger partial charge in [0.05, 0.1) is 48.2 Å². The number of aromatic nitrogens is 1. The van der Waals surface area contributed by atoms with Gasteiger partial charge in [-0.15, -0.1) is 0 Å². The zero-order chi connectivity index (χ0) is 31.3. The molecule has 44 heavy (non-hydrogen) atoms. The van der Waals surface area contributed by atoms with E-state index >= 15 is 0 Å². The fourth-order valence-corrected chi connectivity index (χ4v) is 5.79. The molecule has 0 spiro atoms. The normalized spacial score (nSPS) is 11.2. The lowest BCUT2D eigenvalue weighted by Gasteiger charge is -2.16. The highest BCUT2D eigenvalue weighted by atomic mass is 16.6. The van der Waals surface area contributed by atoms with Crippen LogP contribution in [0.25, 0.3) is 49.3 Å². The Labute approximate surface area is 250 Å². The minimum absolute atomic E-state index is 0.124. The zero-order valence-corrected chi connectivity index (χ0v) is 25.1. The lowest BCUT2D eigenvalue weighted by atomic mass is 9.97. The fraction of sp³-hybridized carbons (Fsp3) is 0.212. The van der Waals surface area contributed by atoms with Crippen molar-refractivity contribution in [2.45, 2.75) is 6.92 Å². The Balaban J connectivity index is 1.90. The molecule has 0 amide bonds. The van der Waals surface area contributed by atoms with Gasteiger partial charge in [0.2, 0.25) is 5.75 Å². The van der Waals surface area contributed by atoms with E-state index in [1.807, 2.05) is 24.3 Å². The van der Waals surface area contributed by atoms with Crippen molar-refractivity contribution >= 4 is 44.1 Å². The molecular formula is C33H29NO10. The van der Waals surface area contributed by atoms with Crippen LogP contribution in [0.2, 0.25) is 0 Å². The van der Waals surface area contributed by atoms with Crippen LogP contribution in [0.1, 0.15) is 6.92 Å². The molecule has 226 valence electrons. The smallest absolute Gasteiger partial charge is 0.361 e. The molecule has 3 aromatic carbocycles. The van der Waals surface area contributed by atoms with E-state index < -0.39 is 11.6 Å². The third kappa shape index (κ3) is 4.19. The average molecular weight is 600 g/mol. The largest absolute Gasteiger partial charge is 0.493 e. The van der Waals surface area contributed by atoms with Crippen LogP contribution in [0.4, 0.5) is 0 Å². The maximum Gasteiger partial charge on any atom is 0.361 e. The number of benzene rings is 3. The average Bonchev–Trinajstić information content (AvgIpc) is 3.39. The summed E-state index contributed by atoms with van der Waals surface area (Å²) in [6.45, 7) is 1.28. The van der Waals surface area contributed by atoms with Crippen molar-refractivity contribution in [3.05, 3.63) is 59.1 Å². The highest BCUT2D eigenvalue weighted by molar-refractivity contribution is 6.22. The van der Waals surface area contributed by atoms with Gasteiger partial charge in [-0.2, -0.15) is 0 Å². The third-order valence-electron chi connectivity index (χ3n) is 7.58. The first-order chi connectivity index (χ1) is 21.3. The van der Waals surface area contributed by atoms with Gasteiger partial charge in [-0.05, 0) is 35.9 Å². The van der Waals surface area contributed by atoms with Gasteiger partial charge in [0, 0.05) is 46.3 Å². The van der Waals surface area contributed by atoms with E-state index in [0.717, 1.165) is 16.3 Å². The zero-order valence-electron chi connectivity index (χ0n) is 25.1. The van der Waals surface area contributed by atoms with Crippen LogP contribution >= 0.6 is 0 Å². The summed E-state index contributed by atoms with van der Waals surface area (Å²) >= 11 is 0. The summed E-state index contributed by atoms with van der Waals surface area (Å²) in [6, 6.07) is 12.4. The molecule has 0 atom stereocenters. The minimum atomic E-state index is -0.597. The number of esters is 1. The van der Waals surface area contributed by atoms with Crippen molar-refractivity contribution in [3.8, 4) is 51.4 Å². The van der Waals surface area contributed by atoms with Gasteiger partial charge in [-0.1, -0.05) is 6.07 Å². The monoisotopic (exact) mass is 599 g/mol. The predicted octanol–water partition coefficient (Wildman–Crippen LogP) is 6.00. The van der Waals surface area contributed by atoms with Gasteiger partial charge >= 0.3 is 11.6 Å². The predicted molar refractivity (Wildman–Crippen MR) is 165 cm³/mol. The summed E-state index contributed by atoms with van der Waals surface area (Å²) in [5, 5.41) is 2.59. The van der Waals surface area contributed by atoms with Crippen molar-refractivity contribution < 1.29 is 42.4 Å². The SMILES string of the molecule is COc1ccc(-c2c3c4cc(OC)c(OC(C)=O)cc4oc(=O)c3n3ccc4c(OC)c(OC)c(OC)cc4c23)cc1OC. The maximum atomic E-state index is 13.8. The Kier molecular flexibility index (Phi) is 7.08. The van der Waals surface area contributed by atoms with Crippen LogP contribution < -0.4 is 38.8 Å². The number of fused-ring (bicyclic) bond motifs is 7. The van der Waals surface area contributed by atoms with Crippen molar-refractivity contribution in [2.75, 3.05) is 42.7 Å². The molecule has 0 saturated carbocycles. The van der Waals surface area contributed by atoms with Crippen LogP contribution in [0, 0.1) is 0 Å². The first kappa shape index (κ1) is 28.5. The molecule has 6 rings (SSSR count). The van der Waals surface area contributed by atoms with Crippen molar-refractivity contribution in [3.63, 3.8) is 0 Å². The van der Waals surface area contributed by atoms with Crippen molar-refractivity contribution in [2.24, 2.45) is 0 Å². The number of pyridine rings is 1. The summed E-state index contributed by atoms with van der Waals surface area (Å²) in [6.07, 6.45) is 1.78. The Morgan fingerprint density at radius 2 is 1.32 bits per heavy atom.